The van der Waals surface area contributed by atoms with Crippen molar-refractivity contribution in [3.05, 3.63) is 66.7 Å². The lowest BCUT2D eigenvalue weighted by Crippen LogP contribution is -2.30. The van der Waals surface area contributed by atoms with Crippen LogP contribution in [0.25, 0.3) is 32.3 Å². The minimum Gasteiger partial charge on any atom is -0.423 e. The van der Waals surface area contributed by atoms with E-state index in [1.54, 1.807) is 6.07 Å². The lowest BCUT2D eigenvalue weighted by molar-refractivity contribution is 0.426. The van der Waals surface area contributed by atoms with Gasteiger partial charge in [0.1, 0.15) is 0 Å². The van der Waals surface area contributed by atoms with Gasteiger partial charge >= 0.3 is 7.12 Å². The minimum absolute atomic E-state index is 0.544. The first-order chi connectivity index (χ1) is 10.2. The smallest absolute Gasteiger partial charge is 0.423 e. The highest BCUT2D eigenvalue weighted by Gasteiger charge is 2.15. The molecule has 3 heteroatoms. The zero-order valence-electron chi connectivity index (χ0n) is 11.3. The molecule has 0 aromatic heterocycles. The topological polar surface area (TPSA) is 40.5 Å². The van der Waals surface area contributed by atoms with Crippen LogP contribution in [0.3, 0.4) is 0 Å². The Labute approximate surface area is 122 Å². The van der Waals surface area contributed by atoms with Gasteiger partial charge in [0.2, 0.25) is 0 Å². The number of rotatable bonds is 1. The predicted molar refractivity (Wildman–Crippen MR) is 88.8 cm³/mol. The van der Waals surface area contributed by atoms with Crippen molar-refractivity contribution in [1.29, 1.82) is 0 Å². The molecule has 0 amide bonds. The first kappa shape index (κ1) is 12.4. The summed E-state index contributed by atoms with van der Waals surface area (Å²) >= 11 is 0. The van der Waals surface area contributed by atoms with Crippen LogP contribution in [0.1, 0.15) is 0 Å². The van der Waals surface area contributed by atoms with E-state index in [9.17, 15) is 10.0 Å². The molecule has 0 unspecified atom stereocenters. The van der Waals surface area contributed by atoms with Crippen molar-refractivity contribution >= 4 is 44.9 Å². The molecule has 4 aromatic carbocycles. The molecular formula is C18H13BO2. The van der Waals surface area contributed by atoms with Crippen LogP contribution in [0.4, 0.5) is 0 Å². The van der Waals surface area contributed by atoms with Gasteiger partial charge in [-0.25, -0.2) is 0 Å². The fourth-order valence-corrected chi connectivity index (χ4v) is 3.03. The summed E-state index contributed by atoms with van der Waals surface area (Å²) in [5.74, 6) is 0. The summed E-state index contributed by atoms with van der Waals surface area (Å²) in [5, 5.41) is 25.7. The van der Waals surface area contributed by atoms with Gasteiger partial charge in [0.15, 0.2) is 0 Å². The van der Waals surface area contributed by atoms with Gasteiger partial charge in [0.05, 0.1) is 0 Å². The largest absolute Gasteiger partial charge is 0.489 e. The van der Waals surface area contributed by atoms with E-state index in [4.69, 9.17) is 0 Å². The Morgan fingerprint density at radius 1 is 0.571 bits per heavy atom. The van der Waals surface area contributed by atoms with Crippen molar-refractivity contribution in [3.8, 4) is 0 Å². The quantitative estimate of drug-likeness (QED) is 0.318. The molecule has 100 valence electrons. The molecule has 21 heavy (non-hydrogen) atoms. The molecule has 0 heterocycles. The van der Waals surface area contributed by atoms with E-state index >= 15 is 0 Å². The molecular weight excluding hydrogens is 259 g/mol. The molecule has 0 radical (unpaired) electrons. The Morgan fingerprint density at radius 3 is 2.10 bits per heavy atom. The molecule has 0 aliphatic rings. The van der Waals surface area contributed by atoms with E-state index in [-0.39, 0.29) is 0 Å². The van der Waals surface area contributed by atoms with E-state index < -0.39 is 7.12 Å². The Kier molecular flexibility index (Phi) is 2.71. The van der Waals surface area contributed by atoms with Gasteiger partial charge in [-0.2, -0.15) is 0 Å². The minimum atomic E-state index is -1.45. The highest BCUT2D eigenvalue weighted by Crippen LogP contribution is 2.28. The van der Waals surface area contributed by atoms with Gasteiger partial charge in [-0.15, -0.1) is 0 Å². The molecule has 0 aliphatic carbocycles. The fourth-order valence-electron chi connectivity index (χ4n) is 3.03. The molecule has 4 rings (SSSR count). The first-order valence-corrected chi connectivity index (χ1v) is 6.94. The van der Waals surface area contributed by atoms with Crippen molar-refractivity contribution < 1.29 is 10.0 Å². The van der Waals surface area contributed by atoms with Crippen LogP contribution in [-0.2, 0) is 0 Å². The lowest BCUT2D eigenvalue weighted by Gasteiger charge is -2.09. The van der Waals surface area contributed by atoms with Crippen molar-refractivity contribution in [2.24, 2.45) is 0 Å². The van der Waals surface area contributed by atoms with Crippen LogP contribution in [0, 0.1) is 0 Å². The van der Waals surface area contributed by atoms with Crippen LogP contribution in [0.5, 0.6) is 0 Å². The fraction of sp³-hybridized carbons (Fsp3) is 0. The molecule has 2 nitrogen and oxygen atoms in total. The number of hydrogen-bond acceptors (Lipinski definition) is 2. The highest BCUT2D eigenvalue weighted by atomic mass is 16.4. The molecule has 0 saturated carbocycles. The normalized spacial score (nSPS) is 11.3. The summed E-state index contributed by atoms with van der Waals surface area (Å²) in [5.41, 5.74) is 0.544. The zero-order chi connectivity index (χ0) is 14.4. The maximum atomic E-state index is 9.52. The molecule has 4 aromatic rings. The van der Waals surface area contributed by atoms with E-state index in [1.165, 1.54) is 10.8 Å². The van der Waals surface area contributed by atoms with Gasteiger partial charge in [-0.05, 0) is 49.9 Å². The average molecular weight is 272 g/mol. The van der Waals surface area contributed by atoms with Crippen LogP contribution >= 0.6 is 0 Å². The maximum Gasteiger partial charge on any atom is 0.489 e. The molecule has 2 N–H and O–H groups in total. The second kappa shape index (κ2) is 4.59. The maximum absolute atomic E-state index is 9.52. The van der Waals surface area contributed by atoms with Gasteiger partial charge < -0.3 is 10.0 Å². The van der Waals surface area contributed by atoms with Crippen molar-refractivity contribution in [1.82, 2.24) is 0 Å². The molecule has 0 saturated heterocycles. The van der Waals surface area contributed by atoms with Crippen LogP contribution in [0.15, 0.2) is 66.7 Å². The highest BCUT2D eigenvalue weighted by molar-refractivity contribution is 6.62. The summed E-state index contributed by atoms with van der Waals surface area (Å²) in [7, 11) is -1.45. The summed E-state index contributed by atoms with van der Waals surface area (Å²) in [6.45, 7) is 0. The van der Waals surface area contributed by atoms with Gasteiger partial charge in [0.25, 0.3) is 0 Å². The zero-order valence-corrected chi connectivity index (χ0v) is 11.3. The Hall–Kier alpha value is -2.36. The third kappa shape index (κ3) is 1.90. The third-order valence-corrected chi connectivity index (χ3v) is 4.06. The van der Waals surface area contributed by atoms with Gasteiger partial charge in [0, 0.05) is 0 Å². The van der Waals surface area contributed by atoms with E-state index in [1.807, 2.05) is 36.4 Å². The SMILES string of the molecule is OB(O)c1cccc2c1ccc1cc3ccccc3cc12. The van der Waals surface area contributed by atoms with Crippen molar-refractivity contribution in [3.63, 3.8) is 0 Å². The van der Waals surface area contributed by atoms with E-state index in [0.717, 1.165) is 21.5 Å². The standard InChI is InChI=1S/C18H13BO2/c20-19(21)18-7-3-6-15-16(18)9-8-14-10-12-4-1-2-5-13(12)11-17(14)15/h1-11,20-21H. The molecule has 0 atom stereocenters. The molecule has 0 bridgehead atoms. The first-order valence-electron chi connectivity index (χ1n) is 6.94. The summed E-state index contributed by atoms with van der Waals surface area (Å²) in [6, 6.07) is 22.2. The molecule has 0 spiro atoms. The number of hydrogen-bond donors (Lipinski definition) is 2. The Balaban J connectivity index is 2.18. The van der Waals surface area contributed by atoms with Crippen LogP contribution in [0.2, 0.25) is 0 Å². The van der Waals surface area contributed by atoms with E-state index in [2.05, 4.69) is 24.3 Å². The second-order valence-corrected chi connectivity index (χ2v) is 5.30. The van der Waals surface area contributed by atoms with E-state index in [0.29, 0.717) is 5.46 Å². The summed E-state index contributed by atoms with van der Waals surface area (Å²) in [6.07, 6.45) is 0. The van der Waals surface area contributed by atoms with Crippen LogP contribution < -0.4 is 5.46 Å². The predicted octanol–water partition coefficient (Wildman–Crippen LogP) is 2.83. The van der Waals surface area contributed by atoms with Gasteiger partial charge in [-0.3, -0.25) is 0 Å². The summed E-state index contributed by atoms with van der Waals surface area (Å²) < 4.78 is 0. The van der Waals surface area contributed by atoms with Crippen LogP contribution in [-0.4, -0.2) is 17.2 Å². The lowest BCUT2D eigenvalue weighted by atomic mass is 9.76. The van der Waals surface area contributed by atoms with Gasteiger partial charge in [-0.1, -0.05) is 54.6 Å². The molecule has 0 fully saturated rings. The van der Waals surface area contributed by atoms with Crippen molar-refractivity contribution in [2.75, 3.05) is 0 Å². The third-order valence-electron chi connectivity index (χ3n) is 4.06. The average Bonchev–Trinajstić information content (AvgIpc) is 2.52. The monoisotopic (exact) mass is 272 g/mol. The molecule has 0 aliphatic heterocycles. The Bertz CT molecular complexity index is 976. The second-order valence-electron chi connectivity index (χ2n) is 5.30. The Morgan fingerprint density at radius 2 is 1.33 bits per heavy atom. The number of fused-ring (bicyclic) bond motifs is 4. The summed E-state index contributed by atoms with van der Waals surface area (Å²) in [4.78, 5) is 0. The number of benzene rings is 4. The van der Waals surface area contributed by atoms with Crippen molar-refractivity contribution in [2.45, 2.75) is 0 Å².